The van der Waals surface area contributed by atoms with Crippen molar-refractivity contribution >= 4 is 29.9 Å². The van der Waals surface area contributed by atoms with Gasteiger partial charge in [0.1, 0.15) is 0 Å². The zero-order valence-corrected chi connectivity index (χ0v) is 22.8. The molecule has 3 rings (SSSR count). The van der Waals surface area contributed by atoms with Crippen molar-refractivity contribution in [2.45, 2.75) is 46.8 Å². The average Bonchev–Trinajstić information content (AvgIpc) is 3.33. The van der Waals surface area contributed by atoms with Gasteiger partial charge in [-0.25, -0.2) is 9.98 Å². The summed E-state index contributed by atoms with van der Waals surface area (Å²) >= 11 is 0. The molecule has 0 aliphatic heterocycles. The Hall–Kier alpha value is -2.75. The minimum absolute atomic E-state index is 0. The van der Waals surface area contributed by atoms with Gasteiger partial charge in [-0.1, -0.05) is 30.3 Å². The van der Waals surface area contributed by atoms with Crippen molar-refractivity contribution in [1.29, 1.82) is 0 Å². The highest BCUT2D eigenvalue weighted by molar-refractivity contribution is 14.0. The summed E-state index contributed by atoms with van der Waals surface area (Å²) in [5, 5.41) is 6.84. The molecular formula is C26H36IN5O2. The Morgan fingerprint density at radius 2 is 1.71 bits per heavy atom. The summed E-state index contributed by atoms with van der Waals surface area (Å²) in [7, 11) is 0. The number of hydrogen-bond donors (Lipinski definition) is 2. The Labute approximate surface area is 220 Å². The molecule has 0 aliphatic carbocycles. The largest absolute Gasteiger partial charge is 0.490 e. The molecule has 2 aromatic carbocycles. The van der Waals surface area contributed by atoms with Gasteiger partial charge in [-0.2, -0.15) is 0 Å². The second-order valence-electron chi connectivity index (χ2n) is 7.68. The minimum Gasteiger partial charge on any atom is -0.490 e. The van der Waals surface area contributed by atoms with E-state index in [2.05, 4.69) is 64.4 Å². The van der Waals surface area contributed by atoms with Gasteiger partial charge in [-0.05, 0) is 56.5 Å². The third-order valence-corrected chi connectivity index (χ3v) is 5.13. The van der Waals surface area contributed by atoms with E-state index >= 15 is 0 Å². The fraction of sp³-hybridized carbons (Fsp3) is 0.385. The van der Waals surface area contributed by atoms with Gasteiger partial charge in [0.2, 0.25) is 0 Å². The summed E-state index contributed by atoms with van der Waals surface area (Å²) < 4.78 is 13.5. The maximum Gasteiger partial charge on any atom is 0.192 e. The van der Waals surface area contributed by atoms with E-state index < -0.39 is 0 Å². The molecule has 0 amide bonds. The Bertz CT molecular complexity index is 1010. The van der Waals surface area contributed by atoms with Crippen LogP contribution in [0, 0.1) is 0 Å². The van der Waals surface area contributed by atoms with Crippen LogP contribution in [0.1, 0.15) is 50.4 Å². The molecule has 184 valence electrons. The van der Waals surface area contributed by atoms with Gasteiger partial charge in [-0.3, -0.25) is 0 Å². The number of aliphatic imine (C=N–C) groups is 1. The Balaban J connectivity index is 0.00000408. The number of imidazole rings is 1. The maximum absolute atomic E-state index is 5.78. The molecule has 2 N–H and O–H groups in total. The number of aromatic nitrogens is 2. The fourth-order valence-corrected chi connectivity index (χ4v) is 3.46. The van der Waals surface area contributed by atoms with Crippen molar-refractivity contribution < 1.29 is 9.47 Å². The number of nitrogens with one attached hydrogen (secondary N) is 2. The van der Waals surface area contributed by atoms with Crippen LogP contribution in [0.3, 0.4) is 0 Å². The summed E-state index contributed by atoms with van der Waals surface area (Å²) in [5.74, 6) is 2.31. The Kier molecular flexibility index (Phi) is 11.7. The predicted octanol–water partition coefficient (Wildman–Crippen LogP) is 5.16. The van der Waals surface area contributed by atoms with E-state index in [4.69, 9.17) is 14.5 Å². The Morgan fingerprint density at radius 3 is 2.35 bits per heavy atom. The first-order valence-corrected chi connectivity index (χ1v) is 11.6. The molecular weight excluding hydrogens is 541 g/mol. The summed E-state index contributed by atoms with van der Waals surface area (Å²) in [5.41, 5.74) is 3.50. The van der Waals surface area contributed by atoms with Crippen molar-refractivity contribution in [3.8, 4) is 11.5 Å². The lowest BCUT2D eigenvalue weighted by molar-refractivity contribution is 0.287. The topological polar surface area (TPSA) is 72.7 Å². The van der Waals surface area contributed by atoms with Crippen LogP contribution in [0.5, 0.6) is 11.5 Å². The lowest BCUT2D eigenvalue weighted by atomic mass is 10.1. The molecule has 0 saturated carbocycles. The second-order valence-corrected chi connectivity index (χ2v) is 7.68. The number of ether oxygens (including phenoxy) is 2. The van der Waals surface area contributed by atoms with Crippen LogP contribution in [0.15, 0.2) is 66.2 Å². The maximum atomic E-state index is 5.78. The molecule has 1 aromatic heterocycles. The van der Waals surface area contributed by atoms with E-state index in [1.54, 1.807) is 6.20 Å². The molecule has 0 spiro atoms. The van der Waals surface area contributed by atoms with E-state index in [1.807, 2.05) is 38.5 Å². The predicted molar refractivity (Wildman–Crippen MR) is 148 cm³/mol. The molecule has 0 bridgehead atoms. The van der Waals surface area contributed by atoms with E-state index in [-0.39, 0.29) is 30.0 Å². The van der Waals surface area contributed by atoms with Crippen LogP contribution in [-0.2, 0) is 13.1 Å². The van der Waals surface area contributed by atoms with Gasteiger partial charge < -0.3 is 24.7 Å². The Morgan fingerprint density at radius 1 is 1.00 bits per heavy atom. The number of halogens is 1. The highest BCUT2D eigenvalue weighted by atomic mass is 127. The highest BCUT2D eigenvalue weighted by Crippen LogP contribution is 2.30. The fourth-order valence-electron chi connectivity index (χ4n) is 3.46. The van der Waals surface area contributed by atoms with Crippen molar-refractivity contribution in [3.05, 3.63) is 77.9 Å². The summed E-state index contributed by atoms with van der Waals surface area (Å²) in [6.45, 7) is 11.5. The SMILES string of the molecule is CCNC(=NCc1ccc(Cn2ccnc2)cc1)NC(C)c1ccc(OCC)c(OCC)c1.I. The number of benzene rings is 2. The first kappa shape index (κ1) is 27.5. The molecule has 1 atom stereocenters. The number of rotatable bonds is 11. The van der Waals surface area contributed by atoms with Crippen LogP contribution in [-0.4, -0.2) is 35.3 Å². The van der Waals surface area contributed by atoms with Gasteiger partial charge in [-0.15, -0.1) is 24.0 Å². The van der Waals surface area contributed by atoms with Gasteiger partial charge in [0.15, 0.2) is 17.5 Å². The molecule has 0 fully saturated rings. The molecule has 0 radical (unpaired) electrons. The standard InChI is InChI=1S/C26H35N5O2.HI/c1-5-28-26(29-17-21-8-10-22(11-9-21)18-31-15-14-27-19-31)30-20(4)23-12-13-24(32-6-2)25(16-23)33-7-3;/h8-16,19-20H,5-7,17-18H2,1-4H3,(H2,28,29,30);1H. The van der Waals surface area contributed by atoms with E-state index in [1.165, 1.54) is 5.56 Å². The van der Waals surface area contributed by atoms with E-state index in [0.717, 1.165) is 41.7 Å². The second kappa shape index (κ2) is 14.5. The normalized spacial score (nSPS) is 11.9. The van der Waals surface area contributed by atoms with Crippen molar-refractivity contribution in [3.63, 3.8) is 0 Å². The molecule has 1 heterocycles. The van der Waals surface area contributed by atoms with Gasteiger partial charge in [0.25, 0.3) is 0 Å². The molecule has 7 nitrogen and oxygen atoms in total. The summed E-state index contributed by atoms with van der Waals surface area (Å²) in [4.78, 5) is 8.88. The quantitative estimate of drug-likeness (QED) is 0.187. The third-order valence-electron chi connectivity index (χ3n) is 5.13. The van der Waals surface area contributed by atoms with Crippen LogP contribution in [0.25, 0.3) is 0 Å². The summed E-state index contributed by atoms with van der Waals surface area (Å²) in [6, 6.07) is 14.7. The molecule has 3 aromatic rings. The number of nitrogens with zero attached hydrogens (tertiary/aromatic N) is 3. The first-order valence-electron chi connectivity index (χ1n) is 11.6. The van der Waals surface area contributed by atoms with E-state index in [9.17, 15) is 0 Å². The lowest BCUT2D eigenvalue weighted by Gasteiger charge is -2.20. The van der Waals surface area contributed by atoms with Crippen molar-refractivity contribution in [1.82, 2.24) is 20.2 Å². The van der Waals surface area contributed by atoms with Crippen LogP contribution in [0.2, 0.25) is 0 Å². The summed E-state index contributed by atoms with van der Waals surface area (Å²) in [6.07, 6.45) is 5.59. The first-order chi connectivity index (χ1) is 16.1. The average molecular weight is 578 g/mol. The smallest absolute Gasteiger partial charge is 0.192 e. The monoisotopic (exact) mass is 577 g/mol. The van der Waals surface area contributed by atoms with Crippen molar-refractivity contribution in [2.24, 2.45) is 4.99 Å². The van der Waals surface area contributed by atoms with Crippen LogP contribution < -0.4 is 20.1 Å². The molecule has 0 saturated heterocycles. The molecule has 1 unspecified atom stereocenters. The number of hydrogen-bond acceptors (Lipinski definition) is 4. The van der Waals surface area contributed by atoms with Gasteiger partial charge >= 0.3 is 0 Å². The third kappa shape index (κ3) is 8.23. The zero-order valence-electron chi connectivity index (χ0n) is 20.5. The number of guanidine groups is 1. The lowest BCUT2D eigenvalue weighted by Crippen LogP contribution is -2.38. The molecule has 0 aliphatic rings. The molecule has 8 heteroatoms. The van der Waals surface area contributed by atoms with Gasteiger partial charge in [0, 0.05) is 25.5 Å². The molecule has 34 heavy (non-hydrogen) atoms. The van der Waals surface area contributed by atoms with Crippen LogP contribution >= 0.6 is 24.0 Å². The van der Waals surface area contributed by atoms with E-state index in [0.29, 0.717) is 19.8 Å². The van der Waals surface area contributed by atoms with Crippen molar-refractivity contribution in [2.75, 3.05) is 19.8 Å². The van der Waals surface area contributed by atoms with Crippen LogP contribution in [0.4, 0.5) is 0 Å². The minimum atomic E-state index is 0. The zero-order chi connectivity index (χ0) is 23.5. The van der Waals surface area contributed by atoms with Gasteiger partial charge in [0.05, 0.1) is 32.1 Å². The highest BCUT2D eigenvalue weighted by Gasteiger charge is 2.12.